The Bertz CT molecular complexity index is 702. The van der Waals surface area contributed by atoms with Crippen LogP contribution in [0, 0.1) is 0 Å². The van der Waals surface area contributed by atoms with Crippen molar-refractivity contribution < 1.29 is 27.4 Å². The van der Waals surface area contributed by atoms with Gasteiger partial charge in [0.25, 0.3) is 0 Å². The summed E-state index contributed by atoms with van der Waals surface area (Å²) < 4.78 is 45.8. The number of hydrogen-bond donors (Lipinski definition) is 0. The van der Waals surface area contributed by atoms with Crippen LogP contribution in [0.4, 0.5) is 13.2 Å². The van der Waals surface area contributed by atoms with Crippen LogP contribution >= 0.6 is 0 Å². The highest BCUT2D eigenvalue weighted by Gasteiger charge is 2.28. The highest BCUT2D eigenvalue weighted by atomic mass is 19.4. The van der Waals surface area contributed by atoms with Gasteiger partial charge in [-0.3, -0.25) is 4.79 Å². The van der Waals surface area contributed by atoms with Crippen molar-refractivity contribution in [2.75, 3.05) is 13.7 Å². The van der Waals surface area contributed by atoms with Crippen LogP contribution in [0.3, 0.4) is 0 Å². The Balaban J connectivity index is 1.96. The van der Waals surface area contributed by atoms with Crippen LogP contribution in [0.2, 0.25) is 0 Å². The van der Waals surface area contributed by atoms with E-state index in [1.807, 2.05) is 0 Å². The van der Waals surface area contributed by atoms with Crippen LogP contribution in [-0.2, 0) is 0 Å². The molecule has 0 N–H and O–H groups in total. The maximum Gasteiger partial charge on any atom is 0.422 e. The van der Waals surface area contributed by atoms with Gasteiger partial charge in [-0.15, -0.1) is 0 Å². The Kier molecular flexibility index (Phi) is 5.63. The van der Waals surface area contributed by atoms with E-state index in [-0.39, 0.29) is 11.5 Å². The molecule has 2 aromatic carbocycles. The van der Waals surface area contributed by atoms with E-state index in [4.69, 9.17) is 4.74 Å². The molecule has 0 atom stereocenters. The van der Waals surface area contributed by atoms with Gasteiger partial charge in [-0.1, -0.05) is 18.2 Å². The topological polar surface area (TPSA) is 35.5 Å². The molecule has 0 spiro atoms. The zero-order valence-electron chi connectivity index (χ0n) is 12.8. The van der Waals surface area contributed by atoms with Crippen molar-refractivity contribution in [3.8, 4) is 11.5 Å². The summed E-state index contributed by atoms with van der Waals surface area (Å²) in [6.07, 6.45) is -1.39. The SMILES string of the molecule is COc1ccc(C(=O)/C=C/c2ccc(OCC(F)(F)F)cc2)cc1. The van der Waals surface area contributed by atoms with Gasteiger partial charge in [0.15, 0.2) is 12.4 Å². The van der Waals surface area contributed by atoms with Gasteiger partial charge in [0.05, 0.1) is 7.11 Å². The summed E-state index contributed by atoms with van der Waals surface area (Å²) in [6, 6.07) is 12.7. The molecule has 0 bridgehead atoms. The van der Waals surface area contributed by atoms with Crippen molar-refractivity contribution >= 4 is 11.9 Å². The van der Waals surface area contributed by atoms with Crippen molar-refractivity contribution in [1.82, 2.24) is 0 Å². The fraction of sp³-hybridized carbons (Fsp3) is 0.167. The summed E-state index contributed by atoms with van der Waals surface area (Å²) in [4.78, 5) is 12.0. The van der Waals surface area contributed by atoms with Gasteiger partial charge in [0, 0.05) is 5.56 Å². The normalized spacial score (nSPS) is 11.5. The average Bonchev–Trinajstić information content (AvgIpc) is 2.58. The molecular formula is C18H15F3O3. The third-order valence-electron chi connectivity index (χ3n) is 3.08. The third kappa shape index (κ3) is 5.46. The maximum atomic E-state index is 12.1. The summed E-state index contributed by atoms with van der Waals surface area (Å²) in [7, 11) is 1.54. The molecule has 0 aliphatic rings. The number of hydrogen-bond acceptors (Lipinski definition) is 3. The molecule has 0 aliphatic carbocycles. The minimum absolute atomic E-state index is 0.117. The van der Waals surface area contributed by atoms with Gasteiger partial charge < -0.3 is 9.47 Å². The number of benzene rings is 2. The van der Waals surface area contributed by atoms with Gasteiger partial charge >= 0.3 is 6.18 Å². The smallest absolute Gasteiger partial charge is 0.422 e. The number of ketones is 1. The molecule has 6 heteroatoms. The van der Waals surface area contributed by atoms with E-state index in [9.17, 15) is 18.0 Å². The molecule has 0 radical (unpaired) electrons. The standard InChI is InChI=1S/C18H15F3O3/c1-23-15-9-5-14(6-10-15)17(22)11-4-13-2-7-16(8-3-13)24-12-18(19,20)21/h2-11H,12H2,1H3/b11-4+. The van der Waals surface area contributed by atoms with Crippen LogP contribution in [0.15, 0.2) is 54.6 Å². The van der Waals surface area contributed by atoms with Crippen LogP contribution < -0.4 is 9.47 Å². The molecule has 0 saturated heterocycles. The predicted molar refractivity (Wildman–Crippen MR) is 84.4 cm³/mol. The largest absolute Gasteiger partial charge is 0.497 e. The second-order valence-electron chi connectivity index (χ2n) is 4.90. The fourth-order valence-corrected chi connectivity index (χ4v) is 1.86. The zero-order chi connectivity index (χ0) is 17.6. The molecule has 3 nitrogen and oxygen atoms in total. The lowest BCUT2D eigenvalue weighted by molar-refractivity contribution is -0.153. The minimum Gasteiger partial charge on any atom is -0.497 e. The van der Waals surface area contributed by atoms with Crippen molar-refractivity contribution in [2.24, 2.45) is 0 Å². The van der Waals surface area contributed by atoms with Crippen LogP contribution in [0.5, 0.6) is 11.5 Å². The molecule has 2 aromatic rings. The summed E-state index contributed by atoms with van der Waals surface area (Å²) in [6.45, 7) is -1.34. The summed E-state index contributed by atoms with van der Waals surface area (Å²) in [5.74, 6) is 0.589. The molecule has 0 fully saturated rings. The van der Waals surface area contributed by atoms with Crippen LogP contribution in [0.25, 0.3) is 6.08 Å². The lowest BCUT2D eigenvalue weighted by atomic mass is 10.1. The Morgan fingerprint density at radius 1 is 1.00 bits per heavy atom. The third-order valence-corrected chi connectivity index (χ3v) is 3.08. The van der Waals surface area contributed by atoms with E-state index in [1.54, 1.807) is 49.6 Å². The maximum absolute atomic E-state index is 12.1. The van der Waals surface area contributed by atoms with Crippen molar-refractivity contribution in [1.29, 1.82) is 0 Å². The first-order valence-electron chi connectivity index (χ1n) is 7.03. The predicted octanol–water partition coefficient (Wildman–Crippen LogP) is 4.53. The van der Waals surface area contributed by atoms with Crippen LogP contribution in [-0.4, -0.2) is 25.7 Å². The molecule has 2 rings (SSSR count). The zero-order valence-corrected chi connectivity index (χ0v) is 12.8. The summed E-state index contributed by atoms with van der Waals surface area (Å²) in [5.41, 5.74) is 1.19. The van der Waals surface area contributed by atoms with E-state index in [1.165, 1.54) is 18.2 Å². The molecular weight excluding hydrogens is 321 g/mol. The second kappa shape index (κ2) is 7.68. The molecule has 0 heterocycles. The Labute approximate surface area is 137 Å². The second-order valence-corrected chi connectivity index (χ2v) is 4.90. The minimum atomic E-state index is -4.37. The number of allylic oxidation sites excluding steroid dienone is 1. The first kappa shape index (κ1) is 17.6. The summed E-state index contributed by atoms with van der Waals surface area (Å²) >= 11 is 0. The van der Waals surface area contributed by atoms with Gasteiger partial charge in [-0.25, -0.2) is 0 Å². The lowest BCUT2D eigenvalue weighted by Gasteiger charge is -2.08. The number of alkyl halides is 3. The number of rotatable bonds is 6. The Morgan fingerprint density at radius 3 is 2.12 bits per heavy atom. The highest BCUT2D eigenvalue weighted by Crippen LogP contribution is 2.19. The number of ether oxygens (including phenoxy) is 2. The molecule has 0 saturated carbocycles. The molecule has 0 aromatic heterocycles. The van der Waals surface area contributed by atoms with Gasteiger partial charge in [0.2, 0.25) is 0 Å². The van der Waals surface area contributed by atoms with Gasteiger partial charge in [-0.05, 0) is 48.0 Å². The van der Waals surface area contributed by atoms with E-state index >= 15 is 0 Å². The molecule has 0 amide bonds. The van der Waals surface area contributed by atoms with Crippen LogP contribution in [0.1, 0.15) is 15.9 Å². The molecule has 0 aliphatic heterocycles. The van der Waals surface area contributed by atoms with Crippen molar-refractivity contribution in [3.05, 3.63) is 65.7 Å². The Hall–Kier alpha value is -2.76. The van der Waals surface area contributed by atoms with Gasteiger partial charge in [0.1, 0.15) is 11.5 Å². The van der Waals surface area contributed by atoms with E-state index in [0.29, 0.717) is 16.9 Å². The number of carbonyl (C=O) groups is 1. The quantitative estimate of drug-likeness (QED) is 0.574. The highest BCUT2D eigenvalue weighted by molar-refractivity contribution is 6.06. The fourth-order valence-electron chi connectivity index (χ4n) is 1.86. The van der Waals surface area contributed by atoms with Crippen molar-refractivity contribution in [3.63, 3.8) is 0 Å². The molecule has 126 valence electrons. The molecule has 24 heavy (non-hydrogen) atoms. The van der Waals surface area contributed by atoms with Crippen molar-refractivity contribution in [2.45, 2.75) is 6.18 Å². The van der Waals surface area contributed by atoms with Gasteiger partial charge in [-0.2, -0.15) is 13.2 Å². The molecule has 0 unspecified atom stereocenters. The first-order valence-corrected chi connectivity index (χ1v) is 7.03. The number of methoxy groups -OCH3 is 1. The van der Waals surface area contributed by atoms with E-state index in [0.717, 1.165) is 0 Å². The van der Waals surface area contributed by atoms with E-state index < -0.39 is 12.8 Å². The number of carbonyl (C=O) groups excluding carboxylic acids is 1. The first-order chi connectivity index (χ1) is 11.4. The monoisotopic (exact) mass is 336 g/mol. The lowest BCUT2D eigenvalue weighted by Crippen LogP contribution is -2.19. The summed E-state index contributed by atoms with van der Waals surface area (Å²) in [5, 5.41) is 0. The average molecular weight is 336 g/mol. The Morgan fingerprint density at radius 2 is 1.58 bits per heavy atom. The van der Waals surface area contributed by atoms with E-state index in [2.05, 4.69) is 4.74 Å². The number of halogens is 3.